The van der Waals surface area contributed by atoms with Gasteiger partial charge in [0.05, 0.1) is 11.8 Å². The average molecular weight is 218 g/mol. The second-order valence-corrected chi connectivity index (χ2v) is 4.03. The van der Waals surface area contributed by atoms with Crippen LogP contribution in [0.15, 0.2) is 12.1 Å². The number of nitrogens with two attached hydrogens (primary N) is 1. The average Bonchev–Trinajstić information content (AvgIpc) is 3.11. The Labute approximate surface area is 93.9 Å². The van der Waals surface area contributed by atoms with Gasteiger partial charge in [-0.15, -0.1) is 0 Å². The largest absolute Gasteiger partial charge is 0.396 e. The van der Waals surface area contributed by atoms with Gasteiger partial charge < -0.3 is 16.2 Å². The molecule has 5 nitrogen and oxygen atoms in total. The summed E-state index contributed by atoms with van der Waals surface area (Å²) in [4.78, 5) is 4.03. The molecule has 0 spiro atoms. The minimum atomic E-state index is -0.329. The molecule has 4 N–H and O–H groups in total. The van der Waals surface area contributed by atoms with E-state index in [0.717, 1.165) is 12.8 Å². The third kappa shape index (κ3) is 2.41. The van der Waals surface area contributed by atoms with Gasteiger partial charge in [-0.3, -0.25) is 0 Å². The molecule has 0 bridgehead atoms. The monoisotopic (exact) mass is 218 g/mol. The summed E-state index contributed by atoms with van der Waals surface area (Å²) < 4.78 is 0. The summed E-state index contributed by atoms with van der Waals surface area (Å²) in [6.07, 6.45) is 1.87. The molecule has 1 unspecified atom stereocenters. The second-order valence-electron chi connectivity index (χ2n) is 4.03. The van der Waals surface area contributed by atoms with Crippen LogP contribution < -0.4 is 11.1 Å². The Morgan fingerprint density at radius 2 is 2.38 bits per heavy atom. The van der Waals surface area contributed by atoms with Crippen LogP contribution in [0.2, 0.25) is 0 Å². The number of aliphatic hydroxyl groups excluding tert-OH is 1. The zero-order valence-corrected chi connectivity index (χ0v) is 8.85. The van der Waals surface area contributed by atoms with Crippen LogP contribution in [0.4, 0.5) is 11.5 Å². The summed E-state index contributed by atoms with van der Waals surface area (Å²) in [5.41, 5.74) is 6.14. The van der Waals surface area contributed by atoms with Gasteiger partial charge in [0.1, 0.15) is 11.9 Å². The normalized spacial score (nSPS) is 16.5. The van der Waals surface area contributed by atoms with E-state index < -0.39 is 0 Å². The third-order valence-electron chi connectivity index (χ3n) is 2.69. The molecular formula is C11H14N4O. The maximum absolute atomic E-state index is 9.65. The van der Waals surface area contributed by atoms with E-state index in [2.05, 4.69) is 10.3 Å². The predicted octanol–water partition coefficient (Wildman–Crippen LogP) is 0.718. The Hall–Kier alpha value is -1.80. The lowest BCUT2D eigenvalue weighted by Gasteiger charge is -2.11. The van der Waals surface area contributed by atoms with Gasteiger partial charge in [-0.2, -0.15) is 5.26 Å². The number of nitriles is 1. The summed E-state index contributed by atoms with van der Waals surface area (Å²) in [5, 5.41) is 21.4. The van der Waals surface area contributed by atoms with Gasteiger partial charge in [-0.1, -0.05) is 0 Å². The van der Waals surface area contributed by atoms with Crippen LogP contribution in [0.5, 0.6) is 0 Å². The topological polar surface area (TPSA) is 95.0 Å². The highest BCUT2D eigenvalue weighted by atomic mass is 16.3. The molecule has 5 heteroatoms. The molecule has 0 amide bonds. The van der Waals surface area contributed by atoms with Crippen molar-refractivity contribution in [3.8, 4) is 6.07 Å². The standard InChI is InChI=1S/C11H14N4O/c12-5-9-8(13)3-4-11(15-9)14-6-10(16)7-1-2-7/h3-4,7,10,16H,1-2,6,13H2,(H,14,15). The zero-order valence-electron chi connectivity index (χ0n) is 8.85. The van der Waals surface area contributed by atoms with Gasteiger partial charge in [-0.25, -0.2) is 4.98 Å². The number of aliphatic hydroxyl groups is 1. The number of rotatable bonds is 4. The van der Waals surface area contributed by atoms with Crippen LogP contribution in [0.3, 0.4) is 0 Å². The zero-order chi connectivity index (χ0) is 11.5. The lowest BCUT2D eigenvalue weighted by molar-refractivity contribution is 0.164. The van der Waals surface area contributed by atoms with Crippen LogP contribution in [0.25, 0.3) is 0 Å². The number of pyridine rings is 1. The number of anilines is 2. The molecule has 1 aromatic rings. The Bertz CT molecular complexity index is 422. The van der Waals surface area contributed by atoms with Gasteiger partial charge in [0, 0.05) is 6.54 Å². The number of nitrogens with zero attached hydrogens (tertiary/aromatic N) is 2. The predicted molar refractivity (Wildman–Crippen MR) is 60.6 cm³/mol. The van der Waals surface area contributed by atoms with Crippen molar-refractivity contribution < 1.29 is 5.11 Å². The van der Waals surface area contributed by atoms with Crippen molar-refractivity contribution in [2.45, 2.75) is 18.9 Å². The number of aromatic nitrogens is 1. The third-order valence-corrected chi connectivity index (χ3v) is 2.69. The molecule has 0 aromatic carbocycles. The van der Waals surface area contributed by atoms with Crippen LogP contribution in [0.1, 0.15) is 18.5 Å². The minimum Gasteiger partial charge on any atom is -0.396 e. The SMILES string of the molecule is N#Cc1nc(NCC(O)C2CC2)ccc1N. The van der Waals surface area contributed by atoms with Gasteiger partial charge in [0.15, 0.2) is 5.69 Å². The van der Waals surface area contributed by atoms with E-state index in [1.54, 1.807) is 12.1 Å². The van der Waals surface area contributed by atoms with E-state index in [1.165, 1.54) is 0 Å². The van der Waals surface area contributed by atoms with Crippen molar-refractivity contribution in [3.63, 3.8) is 0 Å². The molecule has 1 heterocycles. The fraction of sp³-hybridized carbons (Fsp3) is 0.455. The van der Waals surface area contributed by atoms with Gasteiger partial charge in [-0.05, 0) is 30.9 Å². The first-order valence-corrected chi connectivity index (χ1v) is 5.29. The molecule has 1 fully saturated rings. The molecule has 1 aliphatic carbocycles. The molecule has 1 atom stereocenters. The molecule has 16 heavy (non-hydrogen) atoms. The maximum atomic E-state index is 9.65. The van der Waals surface area contributed by atoms with Crippen molar-refractivity contribution in [1.82, 2.24) is 4.98 Å². The van der Waals surface area contributed by atoms with Crippen molar-refractivity contribution in [2.24, 2.45) is 5.92 Å². The maximum Gasteiger partial charge on any atom is 0.165 e. The van der Waals surface area contributed by atoms with Crippen molar-refractivity contribution in [2.75, 3.05) is 17.6 Å². The van der Waals surface area contributed by atoms with Crippen molar-refractivity contribution >= 4 is 11.5 Å². The van der Waals surface area contributed by atoms with E-state index in [0.29, 0.717) is 24.0 Å². The quantitative estimate of drug-likeness (QED) is 0.692. The molecule has 0 saturated heterocycles. The molecule has 84 valence electrons. The van der Waals surface area contributed by atoms with Crippen molar-refractivity contribution in [1.29, 1.82) is 5.26 Å². The fourth-order valence-corrected chi connectivity index (χ4v) is 1.51. The van der Waals surface area contributed by atoms with E-state index in [1.807, 2.05) is 6.07 Å². The van der Waals surface area contributed by atoms with E-state index in [9.17, 15) is 5.11 Å². The summed E-state index contributed by atoms with van der Waals surface area (Å²) >= 11 is 0. The molecule has 2 rings (SSSR count). The lowest BCUT2D eigenvalue weighted by Crippen LogP contribution is -2.21. The van der Waals surface area contributed by atoms with E-state index >= 15 is 0 Å². The first-order chi connectivity index (χ1) is 7.70. The van der Waals surface area contributed by atoms with Gasteiger partial charge in [0.2, 0.25) is 0 Å². The highest BCUT2D eigenvalue weighted by Gasteiger charge is 2.29. The smallest absolute Gasteiger partial charge is 0.165 e. The Balaban J connectivity index is 1.96. The first kappa shape index (κ1) is 10.7. The van der Waals surface area contributed by atoms with Crippen LogP contribution >= 0.6 is 0 Å². The van der Waals surface area contributed by atoms with E-state index in [-0.39, 0.29) is 11.8 Å². The Morgan fingerprint density at radius 1 is 1.62 bits per heavy atom. The summed E-state index contributed by atoms with van der Waals surface area (Å²) in [6.45, 7) is 0.465. The van der Waals surface area contributed by atoms with Crippen LogP contribution in [-0.2, 0) is 0 Å². The highest BCUT2D eigenvalue weighted by molar-refractivity contribution is 5.54. The highest BCUT2D eigenvalue weighted by Crippen LogP contribution is 2.32. The molecule has 0 aliphatic heterocycles. The van der Waals surface area contributed by atoms with E-state index in [4.69, 9.17) is 11.0 Å². The number of hydrogen-bond acceptors (Lipinski definition) is 5. The molecule has 1 aromatic heterocycles. The van der Waals surface area contributed by atoms with Crippen LogP contribution in [0, 0.1) is 17.2 Å². The molecule has 1 saturated carbocycles. The number of hydrogen-bond donors (Lipinski definition) is 3. The number of nitrogen functional groups attached to an aromatic ring is 1. The van der Waals surface area contributed by atoms with Gasteiger partial charge >= 0.3 is 0 Å². The fourth-order valence-electron chi connectivity index (χ4n) is 1.51. The minimum absolute atomic E-state index is 0.214. The van der Waals surface area contributed by atoms with Crippen LogP contribution in [-0.4, -0.2) is 22.7 Å². The summed E-state index contributed by atoms with van der Waals surface area (Å²) in [6, 6.07) is 5.26. The first-order valence-electron chi connectivity index (χ1n) is 5.29. The Kier molecular flexibility index (Phi) is 2.93. The van der Waals surface area contributed by atoms with Crippen molar-refractivity contribution in [3.05, 3.63) is 17.8 Å². The molecule has 0 radical (unpaired) electrons. The molecule has 1 aliphatic rings. The molecular weight excluding hydrogens is 204 g/mol. The lowest BCUT2D eigenvalue weighted by atomic mass is 10.2. The summed E-state index contributed by atoms with van der Waals surface area (Å²) in [7, 11) is 0. The van der Waals surface area contributed by atoms with Gasteiger partial charge in [0.25, 0.3) is 0 Å². The second kappa shape index (κ2) is 4.37. The Morgan fingerprint density at radius 3 is 3.00 bits per heavy atom. The number of nitrogens with one attached hydrogen (secondary N) is 1. The summed E-state index contributed by atoms with van der Waals surface area (Å²) in [5.74, 6) is 1.00.